The molecule has 0 aromatic carbocycles. The molecule has 0 fully saturated rings. The Morgan fingerprint density at radius 1 is 1.43 bits per heavy atom. The molecule has 3 aromatic heterocycles. The molecule has 0 saturated heterocycles. The van der Waals surface area contributed by atoms with Crippen molar-refractivity contribution in [3.63, 3.8) is 0 Å². The molecule has 23 heavy (non-hydrogen) atoms. The molecule has 1 amide bonds. The largest absolute Gasteiger partial charge is 0.352 e. The second-order valence-electron chi connectivity index (χ2n) is 4.58. The maximum Gasteiger partial charge on any atom is 0.271 e. The molecule has 0 saturated carbocycles. The molecule has 1 N–H and O–H groups in total. The minimum atomic E-state index is -0.389. The molecule has 0 aliphatic heterocycles. The van der Waals surface area contributed by atoms with Gasteiger partial charge in [-0.1, -0.05) is 23.1 Å². The Hall–Kier alpha value is -1.78. The molecule has 120 valence electrons. The third-order valence-corrected chi connectivity index (χ3v) is 5.76. The number of hydrogen-bond acceptors (Lipinski definition) is 8. The smallest absolute Gasteiger partial charge is 0.271 e. The van der Waals surface area contributed by atoms with Crippen molar-refractivity contribution in [2.24, 2.45) is 0 Å². The molecular weight excluding hydrogens is 354 g/mol. The van der Waals surface area contributed by atoms with Crippen molar-refractivity contribution >= 4 is 45.3 Å². The van der Waals surface area contributed by atoms with E-state index in [1.807, 2.05) is 6.92 Å². The first-order valence-corrected chi connectivity index (χ1v) is 9.49. The molecule has 7 nitrogen and oxygen atoms in total. The SMILES string of the molecule is Cc1nnc(SCCCNC(=O)c2cnc3sccn3c2=O)s1. The summed E-state index contributed by atoms with van der Waals surface area (Å²) in [7, 11) is 0. The van der Waals surface area contributed by atoms with Gasteiger partial charge in [-0.25, -0.2) is 4.98 Å². The van der Waals surface area contributed by atoms with Crippen molar-refractivity contribution in [1.82, 2.24) is 24.9 Å². The van der Waals surface area contributed by atoms with E-state index in [1.54, 1.807) is 34.7 Å². The highest BCUT2D eigenvalue weighted by Crippen LogP contribution is 2.21. The number of nitrogens with one attached hydrogen (secondary N) is 1. The van der Waals surface area contributed by atoms with Crippen LogP contribution in [-0.4, -0.2) is 37.8 Å². The molecule has 10 heteroatoms. The van der Waals surface area contributed by atoms with Crippen molar-refractivity contribution in [2.45, 2.75) is 17.7 Å². The summed E-state index contributed by atoms with van der Waals surface area (Å²) < 4.78 is 2.31. The van der Waals surface area contributed by atoms with Gasteiger partial charge < -0.3 is 5.32 Å². The summed E-state index contributed by atoms with van der Waals surface area (Å²) in [6.07, 6.45) is 3.74. The number of carbonyl (C=O) groups is 1. The Balaban J connectivity index is 1.50. The first-order valence-electron chi connectivity index (χ1n) is 6.81. The lowest BCUT2D eigenvalue weighted by atomic mass is 10.3. The van der Waals surface area contributed by atoms with Crippen LogP contribution in [-0.2, 0) is 0 Å². The van der Waals surface area contributed by atoms with Crippen molar-refractivity contribution in [1.29, 1.82) is 0 Å². The second kappa shape index (κ2) is 7.20. The zero-order valence-corrected chi connectivity index (χ0v) is 14.6. The Bertz CT molecular complexity index is 885. The zero-order chi connectivity index (χ0) is 16.2. The van der Waals surface area contributed by atoms with E-state index < -0.39 is 0 Å². The average Bonchev–Trinajstić information content (AvgIpc) is 3.16. The maximum absolute atomic E-state index is 12.2. The van der Waals surface area contributed by atoms with Crippen molar-refractivity contribution in [3.8, 4) is 0 Å². The van der Waals surface area contributed by atoms with Crippen molar-refractivity contribution in [2.75, 3.05) is 12.3 Å². The normalized spacial score (nSPS) is 11.0. The molecule has 0 radical (unpaired) electrons. The van der Waals surface area contributed by atoms with E-state index in [2.05, 4.69) is 20.5 Å². The standard InChI is InChI=1S/C13H13N5O2S3/c1-8-16-17-13(23-8)22-5-2-3-14-10(19)9-7-15-12-18(11(9)20)4-6-21-12/h4,6-7H,2-3,5H2,1H3,(H,14,19). The van der Waals surface area contributed by atoms with Gasteiger partial charge in [-0.15, -0.1) is 21.5 Å². The van der Waals surface area contributed by atoms with Crippen molar-refractivity contribution < 1.29 is 4.79 Å². The van der Waals surface area contributed by atoms with E-state index in [1.165, 1.54) is 21.9 Å². The molecule has 0 aliphatic carbocycles. The van der Waals surface area contributed by atoms with Crippen LogP contribution in [0.5, 0.6) is 0 Å². The predicted molar refractivity (Wildman–Crippen MR) is 91.7 cm³/mol. The van der Waals surface area contributed by atoms with Gasteiger partial charge in [0.1, 0.15) is 10.6 Å². The summed E-state index contributed by atoms with van der Waals surface area (Å²) in [5.41, 5.74) is -0.277. The number of hydrogen-bond donors (Lipinski definition) is 1. The maximum atomic E-state index is 12.2. The van der Waals surface area contributed by atoms with Gasteiger partial charge in [-0.05, 0) is 13.3 Å². The van der Waals surface area contributed by atoms with Gasteiger partial charge in [0.25, 0.3) is 11.5 Å². The van der Waals surface area contributed by atoms with Gasteiger partial charge in [0, 0.05) is 30.1 Å². The lowest BCUT2D eigenvalue weighted by Crippen LogP contribution is -2.31. The highest BCUT2D eigenvalue weighted by Gasteiger charge is 2.13. The monoisotopic (exact) mass is 367 g/mol. The molecule has 0 spiro atoms. The molecule has 0 atom stereocenters. The Morgan fingerprint density at radius 2 is 2.30 bits per heavy atom. The summed E-state index contributed by atoms with van der Waals surface area (Å²) in [6, 6.07) is 0. The first kappa shape index (κ1) is 16.1. The average molecular weight is 367 g/mol. The van der Waals surface area contributed by atoms with Crippen LogP contribution in [0.15, 0.2) is 26.9 Å². The molecule has 3 aromatic rings. The highest BCUT2D eigenvalue weighted by molar-refractivity contribution is 8.01. The number of fused-ring (bicyclic) bond motifs is 1. The van der Waals surface area contributed by atoms with Crippen LogP contribution in [0.25, 0.3) is 4.96 Å². The Kier molecular flexibility index (Phi) is 5.03. The van der Waals surface area contributed by atoms with E-state index in [0.29, 0.717) is 11.5 Å². The van der Waals surface area contributed by atoms with Gasteiger partial charge >= 0.3 is 0 Å². The molecular formula is C13H13N5O2S3. The first-order chi connectivity index (χ1) is 11.1. The molecule has 3 rings (SSSR count). The van der Waals surface area contributed by atoms with Gasteiger partial charge in [-0.3, -0.25) is 14.0 Å². The number of aryl methyl sites for hydroxylation is 1. The van der Waals surface area contributed by atoms with Gasteiger partial charge in [0.2, 0.25) is 0 Å². The summed E-state index contributed by atoms with van der Waals surface area (Å²) >= 11 is 4.52. The van der Waals surface area contributed by atoms with Crippen LogP contribution in [0.4, 0.5) is 0 Å². The predicted octanol–water partition coefficient (Wildman–Crippen LogP) is 1.83. The number of carbonyl (C=O) groups excluding carboxylic acids is 1. The Morgan fingerprint density at radius 3 is 3.09 bits per heavy atom. The zero-order valence-electron chi connectivity index (χ0n) is 12.2. The summed E-state index contributed by atoms with van der Waals surface area (Å²) in [4.78, 5) is 28.9. The molecule has 0 bridgehead atoms. The number of aromatic nitrogens is 4. The number of thiazole rings is 1. The summed E-state index contributed by atoms with van der Waals surface area (Å²) in [6.45, 7) is 2.41. The second-order valence-corrected chi connectivity index (χ2v) is 7.97. The quantitative estimate of drug-likeness (QED) is 0.528. The van der Waals surface area contributed by atoms with Gasteiger partial charge in [0.05, 0.1) is 0 Å². The van der Waals surface area contributed by atoms with E-state index in [-0.39, 0.29) is 17.0 Å². The van der Waals surface area contributed by atoms with Crippen LogP contribution < -0.4 is 10.9 Å². The van der Waals surface area contributed by atoms with E-state index in [9.17, 15) is 9.59 Å². The van der Waals surface area contributed by atoms with Crippen LogP contribution in [0, 0.1) is 6.92 Å². The van der Waals surface area contributed by atoms with Crippen LogP contribution in [0.3, 0.4) is 0 Å². The fourth-order valence-electron chi connectivity index (χ4n) is 1.85. The van der Waals surface area contributed by atoms with Crippen molar-refractivity contribution in [3.05, 3.63) is 38.7 Å². The van der Waals surface area contributed by atoms with Crippen LogP contribution in [0.1, 0.15) is 21.8 Å². The van der Waals surface area contributed by atoms with Crippen LogP contribution >= 0.6 is 34.4 Å². The lowest BCUT2D eigenvalue weighted by Gasteiger charge is -2.04. The Labute approximate surface area is 143 Å². The lowest BCUT2D eigenvalue weighted by molar-refractivity contribution is 0.0952. The van der Waals surface area contributed by atoms with Crippen LogP contribution in [0.2, 0.25) is 0 Å². The topological polar surface area (TPSA) is 89.2 Å². The van der Waals surface area contributed by atoms with E-state index in [0.717, 1.165) is 21.5 Å². The minimum absolute atomic E-state index is 0.0632. The van der Waals surface area contributed by atoms with Gasteiger partial charge in [0.15, 0.2) is 9.30 Å². The summed E-state index contributed by atoms with van der Waals surface area (Å²) in [5, 5.41) is 13.4. The number of nitrogens with zero attached hydrogens (tertiary/aromatic N) is 4. The number of rotatable bonds is 6. The fourth-order valence-corrected chi connectivity index (χ4v) is 4.35. The number of amides is 1. The molecule has 0 unspecified atom stereocenters. The third-order valence-electron chi connectivity index (χ3n) is 2.93. The van der Waals surface area contributed by atoms with Gasteiger partial charge in [-0.2, -0.15) is 0 Å². The van der Waals surface area contributed by atoms with E-state index >= 15 is 0 Å². The molecule has 3 heterocycles. The van der Waals surface area contributed by atoms with E-state index in [4.69, 9.17) is 0 Å². The molecule has 0 aliphatic rings. The fraction of sp³-hybridized carbons (Fsp3) is 0.308. The highest BCUT2D eigenvalue weighted by atomic mass is 32.2. The summed E-state index contributed by atoms with van der Waals surface area (Å²) in [5.74, 6) is 0.440. The minimum Gasteiger partial charge on any atom is -0.352 e. The third kappa shape index (κ3) is 3.77. The number of thioether (sulfide) groups is 1.